The molecule has 1 saturated heterocycles. The summed E-state index contributed by atoms with van der Waals surface area (Å²) >= 11 is 0. The Morgan fingerprint density at radius 3 is 2.44 bits per heavy atom. The van der Waals surface area contributed by atoms with Gasteiger partial charge in [0.1, 0.15) is 5.75 Å². The van der Waals surface area contributed by atoms with Crippen molar-refractivity contribution >= 4 is 21.7 Å². The molecule has 150 valence electrons. The summed E-state index contributed by atoms with van der Waals surface area (Å²) in [5.41, 5.74) is 0.801. The Morgan fingerprint density at radius 1 is 1.30 bits per heavy atom. The van der Waals surface area contributed by atoms with Crippen molar-refractivity contribution in [3.63, 3.8) is 0 Å². The van der Waals surface area contributed by atoms with Gasteiger partial charge in [-0.15, -0.1) is 0 Å². The lowest BCUT2D eigenvalue weighted by molar-refractivity contribution is -0.134. The summed E-state index contributed by atoms with van der Waals surface area (Å²) in [6, 6.07) is 6.44. The van der Waals surface area contributed by atoms with Crippen LogP contribution in [0.15, 0.2) is 24.3 Å². The van der Waals surface area contributed by atoms with Gasteiger partial charge >= 0.3 is 0 Å². The quantitative estimate of drug-likeness (QED) is 0.722. The maximum atomic E-state index is 13.0. The van der Waals surface area contributed by atoms with Gasteiger partial charge in [-0.05, 0) is 30.5 Å². The number of hydrogen-bond donors (Lipinski definition) is 1. The standard InChI is InChI=1S/C19H28N2O5S/c1-4-10-21(16-9-11-27(24,25)13-16)19(23)12-18(20-14(2)22)15-5-7-17(26-3)8-6-15/h5-8,16,18H,4,9-13H2,1-3H3,(H,20,22)/t16-,18-/m1/s1. The van der Waals surface area contributed by atoms with Gasteiger partial charge in [0.2, 0.25) is 11.8 Å². The minimum atomic E-state index is -3.08. The lowest BCUT2D eigenvalue weighted by Crippen LogP contribution is -2.43. The molecule has 7 nitrogen and oxygen atoms in total. The molecule has 0 aliphatic carbocycles. The van der Waals surface area contributed by atoms with Crippen LogP contribution in [0.2, 0.25) is 0 Å². The molecule has 1 aliphatic heterocycles. The van der Waals surface area contributed by atoms with E-state index in [9.17, 15) is 18.0 Å². The number of hydrogen-bond acceptors (Lipinski definition) is 5. The molecule has 0 unspecified atom stereocenters. The van der Waals surface area contributed by atoms with Gasteiger partial charge in [0.05, 0.1) is 31.1 Å². The second kappa shape index (κ2) is 9.21. The monoisotopic (exact) mass is 396 g/mol. The van der Waals surface area contributed by atoms with Gasteiger partial charge in [0.15, 0.2) is 9.84 Å². The van der Waals surface area contributed by atoms with E-state index in [0.29, 0.717) is 18.7 Å². The molecule has 1 heterocycles. The number of nitrogens with zero attached hydrogens (tertiary/aromatic N) is 1. The van der Waals surface area contributed by atoms with E-state index in [-0.39, 0.29) is 35.8 Å². The fourth-order valence-corrected chi connectivity index (χ4v) is 5.13. The number of methoxy groups -OCH3 is 1. The van der Waals surface area contributed by atoms with Crippen molar-refractivity contribution in [2.24, 2.45) is 0 Å². The normalized spacial score (nSPS) is 19.3. The van der Waals surface area contributed by atoms with Crippen LogP contribution in [0.25, 0.3) is 0 Å². The summed E-state index contributed by atoms with van der Waals surface area (Å²) in [6.07, 6.45) is 1.31. The Kier molecular flexibility index (Phi) is 7.24. The first-order valence-corrected chi connectivity index (χ1v) is 11.0. The third kappa shape index (κ3) is 5.95. The number of carbonyl (C=O) groups excluding carboxylic acids is 2. The van der Waals surface area contributed by atoms with Crippen molar-refractivity contribution in [1.29, 1.82) is 0 Å². The average Bonchev–Trinajstić information content (AvgIpc) is 2.98. The zero-order valence-corrected chi connectivity index (χ0v) is 16.9. The van der Waals surface area contributed by atoms with Gasteiger partial charge in [-0.25, -0.2) is 8.42 Å². The van der Waals surface area contributed by atoms with Crippen LogP contribution in [0.4, 0.5) is 0 Å². The predicted octanol–water partition coefficient (Wildman–Crippen LogP) is 1.69. The number of benzene rings is 1. The third-order valence-electron chi connectivity index (χ3n) is 4.71. The topological polar surface area (TPSA) is 92.8 Å². The molecule has 2 amide bonds. The first-order valence-electron chi connectivity index (χ1n) is 9.16. The molecule has 0 saturated carbocycles. The number of carbonyl (C=O) groups is 2. The summed E-state index contributed by atoms with van der Waals surface area (Å²) in [7, 11) is -1.51. The van der Waals surface area contributed by atoms with E-state index in [4.69, 9.17) is 4.74 Å². The van der Waals surface area contributed by atoms with Crippen LogP contribution in [0.5, 0.6) is 5.75 Å². The Labute approximate surface area is 161 Å². The zero-order chi connectivity index (χ0) is 20.0. The molecule has 1 aliphatic rings. The van der Waals surface area contributed by atoms with Crippen LogP contribution in [0.3, 0.4) is 0 Å². The van der Waals surface area contributed by atoms with Crippen molar-refractivity contribution in [3.8, 4) is 5.75 Å². The highest BCUT2D eigenvalue weighted by molar-refractivity contribution is 7.91. The van der Waals surface area contributed by atoms with Gasteiger partial charge in [-0.1, -0.05) is 19.1 Å². The van der Waals surface area contributed by atoms with E-state index < -0.39 is 15.9 Å². The van der Waals surface area contributed by atoms with Crippen molar-refractivity contribution in [3.05, 3.63) is 29.8 Å². The van der Waals surface area contributed by atoms with E-state index in [1.165, 1.54) is 6.92 Å². The maximum Gasteiger partial charge on any atom is 0.225 e. The summed E-state index contributed by atoms with van der Waals surface area (Å²) < 4.78 is 28.8. The highest BCUT2D eigenvalue weighted by Crippen LogP contribution is 2.24. The number of rotatable bonds is 8. The molecule has 2 rings (SSSR count). The molecule has 1 fully saturated rings. The highest BCUT2D eigenvalue weighted by atomic mass is 32.2. The largest absolute Gasteiger partial charge is 0.497 e. The van der Waals surface area contributed by atoms with Crippen LogP contribution in [-0.2, 0) is 19.4 Å². The van der Waals surface area contributed by atoms with Gasteiger partial charge in [0.25, 0.3) is 0 Å². The zero-order valence-electron chi connectivity index (χ0n) is 16.1. The number of ether oxygens (including phenoxy) is 1. The average molecular weight is 397 g/mol. The molecule has 1 aromatic carbocycles. The Morgan fingerprint density at radius 2 is 1.96 bits per heavy atom. The smallest absolute Gasteiger partial charge is 0.225 e. The summed E-state index contributed by atoms with van der Waals surface area (Å²) in [5.74, 6) is 0.461. The molecule has 2 atom stereocenters. The van der Waals surface area contributed by atoms with E-state index in [1.807, 2.05) is 19.1 Å². The van der Waals surface area contributed by atoms with Crippen LogP contribution in [0.1, 0.15) is 44.7 Å². The molecule has 0 bridgehead atoms. The molecule has 0 spiro atoms. The Hall–Kier alpha value is -2.09. The van der Waals surface area contributed by atoms with Crippen molar-refractivity contribution in [1.82, 2.24) is 10.2 Å². The number of amides is 2. The molecule has 0 radical (unpaired) electrons. The fourth-order valence-electron chi connectivity index (χ4n) is 3.40. The van der Waals surface area contributed by atoms with Crippen LogP contribution in [-0.4, -0.2) is 56.3 Å². The fraction of sp³-hybridized carbons (Fsp3) is 0.579. The summed E-state index contributed by atoms with van der Waals surface area (Å²) in [5, 5.41) is 2.82. The molecule has 0 aromatic heterocycles. The minimum absolute atomic E-state index is 0.0199. The first-order chi connectivity index (χ1) is 12.8. The van der Waals surface area contributed by atoms with Gasteiger partial charge in [-0.3, -0.25) is 9.59 Å². The molecule has 1 N–H and O–H groups in total. The Balaban J connectivity index is 2.17. The molecule has 8 heteroatoms. The second-order valence-electron chi connectivity index (χ2n) is 6.87. The van der Waals surface area contributed by atoms with E-state index in [0.717, 1.165) is 12.0 Å². The summed E-state index contributed by atoms with van der Waals surface area (Å²) in [6.45, 7) is 3.88. The van der Waals surface area contributed by atoms with E-state index >= 15 is 0 Å². The lowest BCUT2D eigenvalue weighted by atomic mass is 10.0. The van der Waals surface area contributed by atoms with E-state index in [2.05, 4.69) is 5.32 Å². The van der Waals surface area contributed by atoms with Crippen LogP contribution >= 0.6 is 0 Å². The molecule has 1 aromatic rings. The van der Waals surface area contributed by atoms with Crippen LogP contribution in [0, 0.1) is 0 Å². The van der Waals surface area contributed by atoms with Crippen molar-refractivity contribution < 1.29 is 22.7 Å². The minimum Gasteiger partial charge on any atom is -0.497 e. The molecular formula is C19H28N2O5S. The highest BCUT2D eigenvalue weighted by Gasteiger charge is 2.35. The van der Waals surface area contributed by atoms with Crippen molar-refractivity contribution in [2.45, 2.75) is 45.2 Å². The molecule has 27 heavy (non-hydrogen) atoms. The second-order valence-corrected chi connectivity index (χ2v) is 9.10. The SMILES string of the molecule is CCCN(C(=O)C[C@@H](NC(C)=O)c1ccc(OC)cc1)[C@@H]1CCS(=O)(=O)C1. The Bertz CT molecular complexity index is 761. The third-order valence-corrected chi connectivity index (χ3v) is 6.46. The van der Waals surface area contributed by atoms with Crippen LogP contribution < -0.4 is 10.1 Å². The molecular weight excluding hydrogens is 368 g/mol. The van der Waals surface area contributed by atoms with Gasteiger partial charge in [0, 0.05) is 19.5 Å². The first kappa shape index (κ1) is 21.2. The number of nitrogens with one attached hydrogen (secondary N) is 1. The van der Waals surface area contributed by atoms with E-state index in [1.54, 1.807) is 24.1 Å². The number of sulfone groups is 1. The van der Waals surface area contributed by atoms with Gasteiger partial charge in [-0.2, -0.15) is 0 Å². The predicted molar refractivity (Wildman–Crippen MR) is 103 cm³/mol. The maximum absolute atomic E-state index is 13.0. The summed E-state index contributed by atoms with van der Waals surface area (Å²) in [4.78, 5) is 26.3. The van der Waals surface area contributed by atoms with Gasteiger partial charge < -0.3 is 15.0 Å². The lowest BCUT2D eigenvalue weighted by Gasteiger charge is -2.30. The van der Waals surface area contributed by atoms with Crippen molar-refractivity contribution in [2.75, 3.05) is 25.2 Å².